The predicted molar refractivity (Wildman–Crippen MR) is 125 cm³/mol. The molecule has 5 heterocycles. The van der Waals surface area contributed by atoms with E-state index in [9.17, 15) is 0 Å². The number of rotatable bonds is 3. The van der Waals surface area contributed by atoms with Crippen LogP contribution >= 0.6 is 0 Å². The summed E-state index contributed by atoms with van der Waals surface area (Å²) in [7, 11) is 0. The van der Waals surface area contributed by atoms with Gasteiger partial charge in [-0.1, -0.05) is 29.8 Å². The van der Waals surface area contributed by atoms with Gasteiger partial charge in [-0.25, -0.2) is 9.97 Å². The van der Waals surface area contributed by atoms with Crippen molar-refractivity contribution < 1.29 is 0 Å². The number of fused-ring (bicyclic) bond motifs is 2. The second-order valence-corrected chi connectivity index (χ2v) is 7.89. The fourth-order valence-corrected chi connectivity index (χ4v) is 4.02. The molecule has 6 aromatic rings. The fourth-order valence-electron chi connectivity index (χ4n) is 4.02. The van der Waals surface area contributed by atoms with Crippen LogP contribution in [0.5, 0.6) is 0 Å². The van der Waals surface area contributed by atoms with Crippen molar-refractivity contribution in [3.05, 3.63) is 78.4 Å². The molecule has 2 N–H and O–H groups in total. The van der Waals surface area contributed by atoms with E-state index in [2.05, 4.69) is 57.2 Å². The summed E-state index contributed by atoms with van der Waals surface area (Å²) in [4.78, 5) is 21.8. The van der Waals surface area contributed by atoms with Crippen molar-refractivity contribution in [1.29, 1.82) is 0 Å². The van der Waals surface area contributed by atoms with Gasteiger partial charge in [0.25, 0.3) is 0 Å². The van der Waals surface area contributed by atoms with Crippen LogP contribution in [0.4, 0.5) is 0 Å². The summed E-state index contributed by atoms with van der Waals surface area (Å²) in [6, 6.07) is 14.3. The summed E-state index contributed by atoms with van der Waals surface area (Å²) in [6.07, 6.45) is 7.27. The van der Waals surface area contributed by atoms with Gasteiger partial charge in [0.05, 0.1) is 28.4 Å². The predicted octanol–water partition coefficient (Wildman–Crippen LogP) is 5.24. The fraction of sp³-hybridized carbons (Fsp3) is 0.0800. The van der Waals surface area contributed by atoms with Crippen LogP contribution in [0, 0.1) is 13.8 Å². The third kappa shape index (κ3) is 2.94. The summed E-state index contributed by atoms with van der Waals surface area (Å²) < 4.78 is 0. The van der Waals surface area contributed by atoms with Crippen molar-refractivity contribution in [3.8, 4) is 33.9 Å². The highest BCUT2D eigenvalue weighted by Crippen LogP contribution is 2.31. The number of nitrogens with one attached hydrogen (secondary N) is 2. The van der Waals surface area contributed by atoms with E-state index >= 15 is 0 Å². The lowest BCUT2D eigenvalue weighted by Gasteiger charge is -2.04. The lowest BCUT2D eigenvalue weighted by molar-refractivity contribution is 1.10. The smallest absolute Gasteiger partial charge is 0.161 e. The molecule has 7 heteroatoms. The summed E-state index contributed by atoms with van der Waals surface area (Å²) in [6.45, 7) is 4.13. The van der Waals surface area contributed by atoms with E-state index in [-0.39, 0.29) is 0 Å². The van der Waals surface area contributed by atoms with Gasteiger partial charge >= 0.3 is 0 Å². The third-order valence-electron chi connectivity index (χ3n) is 5.67. The second kappa shape index (κ2) is 7.09. The van der Waals surface area contributed by atoms with Crippen molar-refractivity contribution in [2.45, 2.75) is 13.8 Å². The quantitative estimate of drug-likeness (QED) is 0.410. The average molecular weight is 417 g/mol. The van der Waals surface area contributed by atoms with Crippen molar-refractivity contribution in [3.63, 3.8) is 0 Å². The largest absolute Gasteiger partial charge is 0.335 e. The van der Waals surface area contributed by atoms with E-state index in [0.29, 0.717) is 11.5 Å². The molecule has 0 radical (unpaired) electrons. The molecule has 7 nitrogen and oxygen atoms in total. The zero-order valence-electron chi connectivity index (χ0n) is 17.6. The van der Waals surface area contributed by atoms with E-state index in [1.165, 1.54) is 5.56 Å². The van der Waals surface area contributed by atoms with Crippen molar-refractivity contribution in [2.75, 3.05) is 0 Å². The van der Waals surface area contributed by atoms with E-state index in [0.717, 1.165) is 50.0 Å². The van der Waals surface area contributed by atoms with E-state index in [4.69, 9.17) is 9.97 Å². The SMILES string of the molecule is Cc1cccc(-c2cncc3[nH]c(-c4n[nH]c5ccc(-c6cnccc6C)nc45)nc23)c1. The van der Waals surface area contributed by atoms with Gasteiger partial charge in [0.2, 0.25) is 0 Å². The molecule has 0 amide bonds. The number of aryl methyl sites for hydroxylation is 2. The van der Waals surface area contributed by atoms with Gasteiger partial charge in [-0.05, 0) is 43.2 Å². The molecule has 0 saturated heterocycles. The number of H-pyrrole nitrogens is 2. The molecule has 0 aliphatic heterocycles. The average Bonchev–Trinajstić information content (AvgIpc) is 3.42. The Morgan fingerprint density at radius 3 is 2.56 bits per heavy atom. The van der Waals surface area contributed by atoms with Gasteiger partial charge < -0.3 is 4.98 Å². The molecule has 0 saturated carbocycles. The first kappa shape index (κ1) is 18.4. The number of pyridine rings is 3. The van der Waals surface area contributed by atoms with Crippen LogP contribution in [-0.2, 0) is 0 Å². The van der Waals surface area contributed by atoms with Crippen LogP contribution in [0.1, 0.15) is 11.1 Å². The molecule has 0 unspecified atom stereocenters. The molecular formula is C25H19N7. The Hall–Kier alpha value is -4.39. The van der Waals surface area contributed by atoms with Crippen LogP contribution in [0.3, 0.4) is 0 Å². The number of hydrogen-bond acceptors (Lipinski definition) is 5. The van der Waals surface area contributed by atoms with Crippen LogP contribution in [0.2, 0.25) is 0 Å². The maximum absolute atomic E-state index is 4.90. The second-order valence-electron chi connectivity index (χ2n) is 7.89. The maximum atomic E-state index is 4.90. The number of imidazole rings is 1. The molecule has 0 bridgehead atoms. The minimum Gasteiger partial charge on any atom is -0.335 e. The molecule has 0 aliphatic rings. The van der Waals surface area contributed by atoms with Crippen molar-refractivity contribution in [1.82, 2.24) is 35.1 Å². The minimum atomic E-state index is 0.653. The highest BCUT2D eigenvalue weighted by atomic mass is 15.1. The molecular weight excluding hydrogens is 398 g/mol. The van der Waals surface area contributed by atoms with Crippen LogP contribution in [-0.4, -0.2) is 35.1 Å². The minimum absolute atomic E-state index is 0.653. The molecule has 32 heavy (non-hydrogen) atoms. The first-order chi connectivity index (χ1) is 15.7. The highest BCUT2D eigenvalue weighted by molar-refractivity contribution is 5.95. The number of nitrogens with zero attached hydrogens (tertiary/aromatic N) is 5. The van der Waals surface area contributed by atoms with Gasteiger partial charge in [0, 0.05) is 29.7 Å². The molecule has 154 valence electrons. The standard InChI is InChI=1S/C25H19N7/c1-14-4-3-5-16(10-14)18-12-27-13-21-22(18)30-25(29-21)24-23-20(31-32-24)7-6-19(28-23)17-11-26-9-8-15(17)2/h3-13H,1-2H3,(H,29,30)(H,31,32). The first-order valence-corrected chi connectivity index (χ1v) is 10.3. The normalized spacial score (nSPS) is 11.4. The highest BCUT2D eigenvalue weighted by Gasteiger charge is 2.17. The lowest BCUT2D eigenvalue weighted by atomic mass is 10.0. The molecule has 6 rings (SSSR count). The van der Waals surface area contributed by atoms with Gasteiger partial charge in [-0.15, -0.1) is 0 Å². The van der Waals surface area contributed by atoms with Crippen LogP contribution in [0.25, 0.3) is 56.0 Å². The number of benzene rings is 1. The Labute approximate surface area is 183 Å². The topological polar surface area (TPSA) is 96.0 Å². The molecule has 0 spiro atoms. The van der Waals surface area contributed by atoms with Gasteiger partial charge in [0.15, 0.2) is 11.5 Å². The Bertz CT molecular complexity index is 1610. The number of aromatic amines is 2. The van der Waals surface area contributed by atoms with Crippen LogP contribution in [0.15, 0.2) is 67.3 Å². The summed E-state index contributed by atoms with van der Waals surface area (Å²) >= 11 is 0. The number of hydrogen-bond donors (Lipinski definition) is 2. The van der Waals surface area contributed by atoms with Gasteiger partial charge in [-0.3, -0.25) is 15.1 Å². The number of aromatic nitrogens is 7. The Kier molecular flexibility index (Phi) is 4.07. The maximum Gasteiger partial charge on any atom is 0.161 e. The zero-order valence-corrected chi connectivity index (χ0v) is 17.6. The van der Waals surface area contributed by atoms with Crippen molar-refractivity contribution in [2.24, 2.45) is 0 Å². The van der Waals surface area contributed by atoms with Crippen molar-refractivity contribution >= 4 is 22.1 Å². The summed E-state index contributed by atoms with van der Waals surface area (Å²) in [5.74, 6) is 0.653. The first-order valence-electron chi connectivity index (χ1n) is 10.3. The van der Waals surface area contributed by atoms with Gasteiger partial charge in [-0.2, -0.15) is 5.10 Å². The van der Waals surface area contributed by atoms with E-state index < -0.39 is 0 Å². The van der Waals surface area contributed by atoms with E-state index in [1.807, 2.05) is 36.7 Å². The zero-order chi connectivity index (χ0) is 21.7. The Balaban J connectivity index is 1.52. The third-order valence-corrected chi connectivity index (χ3v) is 5.67. The molecule has 0 fully saturated rings. The van der Waals surface area contributed by atoms with E-state index in [1.54, 1.807) is 12.4 Å². The molecule has 0 atom stereocenters. The Morgan fingerprint density at radius 2 is 1.69 bits per heavy atom. The summed E-state index contributed by atoms with van der Waals surface area (Å²) in [5, 5.41) is 7.59. The monoisotopic (exact) mass is 417 g/mol. The molecule has 5 aromatic heterocycles. The lowest BCUT2D eigenvalue weighted by Crippen LogP contribution is -1.90. The van der Waals surface area contributed by atoms with Gasteiger partial charge in [0.1, 0.15) is 5.52 Å². The Morgan fingerprint density at radius 1 is 0.781 bits per heavy atom. The van der Waals surface area contributed by atoms with Crippen LogP contribution < -0.4 is 0 Å². The summed E-state index contributed by atoms with van der Waals surface area (Å²) in [5.41, 5.74) is 10.2. The molecule has 0 aliphatic carbocycles. The molecule has 1 aromatic carbocycles.